The number of hydrogen-bond acceptors (Lipinski definition) is 4. The summed E-state index contributed by atoms with van der Waals surface area (Å²) in [5.41, 5.74) is 5.93. The van der Waals surface area contributed by atoms with Gasteiger partial charge in [0.2, 0.25) is 0 Å². The summed E-state index contributed by atoms with van der Waals surface area (Å²) in [6.07, 6.45) is 1.56. The zero-order chi connectivity index (χ0) is 15.4. The lowest BCUT2D eigenvalue weighted by Crippen LogP contribution is -2.18. The Hall–Kier alpha value is -2.83. The van der Waals surface area contributed by atoms with Crippen molar-refractivity contribution in [2.24, 2.45) is 5.73 Å². The maximum absolute atomic E-state index is 12.3. The Balaban J connectivity index is 2.31. The molecule has 1 heterocycles. The molecule has 1 aromatic carbocycles. The van der Waals surface area contributed by atoms with Crippen LogP contribution < -0.4 is 15.8 Å². The van der Waals surface area contributed by atoms with Gasteiger partial charge in [-0.25, -0.2) is 0 Å². The zero-order valence-corrected chi connectivity index (χ0v) is 11.8. The van der Waals surface area contributed by atoms with E-state index >= 15 is 0 Å². The van der Waals surface area contributed by atoms with Gasteiger partial charge in [-0.1, -0.05) is 12.1 Å². The fraction of sp³-hybridized carbons (Fsp3) is 0.214. The van der Waals surface area contributed by atoms with Gasteiger partial charge in [0.1, 0.15) is 5.75 Å². The zero-order valence-electron chi connectivity index (χ0n) is 11.8. The monoisotopic (exact) mass is 288 g/mol. The van der Waals surface area contributed by atoms with Crippen LogP contribution in [0, 0.1) is 0 Å². The molecule has 0 saturated carbocycles. The Morgan fingerprint density at radius 1 is 1.38 bits per heavy atom. The Morgan fingerprint density at radius 3 is 2.71 bits per heavy atom. The van der Waals surface area contributed by atoms with Gasteiger partial charge in [-0.05, 0) is 19.1 Å². The van der Waals surface area contributed by atoms with Gasteiger partial charge in [-0.2, -0.15) is 5.10 Å². The number of nitrogens with zero attached hydrogens (tertiary/aromatic N) is 2. The lowest BCUT2D eigenvalue weighted by Gasteiger charge is -2.08. The summed E-state index contributed by atoms with van der Waals surface area (Å²) in [5, 5.41) is 6.65. The summed E-state index contributed by atoms with van der Waals surface area (Å²) in [6.45, 7) is 2.43. The minimum absolute atomic E-state index is 0.0279. The van der Waals surface area contributed by atoms with E-state index in [4.69, 9.17) is 10.5 Å². The SMILES string of the molecule is CCn1cc(NC(=O)c2ccccc2OC)c(C(N)=O)n1. The van der Waals surface area contributed by atoms with Crippen LogP contribution in [0.2, 0.25) is 0 Å². The quantitative estimate of drug-likeness (QED) is 0.865. The van der Waals surface area contributed by atoms with Crippen LogP contribution in [-0.4, -0.2) is 28.7 Å². The minimum atomic E-state index is -0.697. The minimum Gasteiger partial charge on any atom is -0.496 e. The molecule has 0 fully saturated rings. The molecule has 0 unspecified atom stereocenters. The summed E-state index contributed by atoms with van der Waals surface area (Å²) in [5.74, 6) is -0.651. The van der Waals surface area contributed by atoms with Crippen molar-refractivity contribution >= 4 is 17.5 Å². The lowest BCUT2D eigenvalue weighted by molar-refractivity contribution is 0.0995. The second-order valence-electron chi connectivity index (χ2n) is 4.27. The Labute approximate surface area is 121 Å². The highest BCUT2D eigenvalue weighted by Gasteiger charge is 2.18. The second kappa shape index (κ2) is 6.08. The second-order valence-corrected chi connectivity index (χ2v) is 4.27. The van der Waals surface area contributed by atoms with Crippen LogP contribution in [0.4, 0.5) is 5.69 Å². The first-order valence-electron chi connectivity index (χ1n) is 6.38. The van der Waals surface area contributed by atoms with E-state index in [-0.39, 0.29) is 11.4 Å². The predicted molar refractivity (Wildman–Crippen MR) is 77.4 cm³/mol. The van der Waals surface area contributed by atoms with Crippen molar-refractivity contribution in [2.45, 2.75) is 13.5 Å². The van der Waals surface area contributed by atoms with Gasteiger partial charge >= 0.3 is 0 Å². The van der Waals surface area contributed by atoms with Gasteiger partial charge in [-0.15, -0.1) is 0 Å². The van der Waals surface area contributed by atoms with Crippen LogP contribution in [-0.2, 0) is 6.54 Å². The van der Waals surface area contributed by atoms with E-state index in [2.05, 4.69) is 10.4 Å². The first-order valence-corrected chi connectivity index (χ1v) is 6.38. The fourth-order valence-electron chi connectivity index (χ4n) is 1.88. The molecular weight excluding hydrogens is 272 g/mol. The molecule has 21 heavy (non-hydrogen) atoms. The number of benzene rings is 1. The van der Waals surface area contributed by atoms with E-state index in [1.165, 1.54) is 11.8 Å². The lowest BCUT2D eigenvalue weighted by atomic mass is 10.2. The van der Waals surface area contributed by atoms with Gasteiger partial charge < -0.3 is 15.8 Å². The molecule has 110 valence electrons. The molecule has 1 aromatic heterocycles. The van der Waals surface area contributed by atoms with Crippen molar-refractivity contribution in [3.8, 4) is 5.75 Å². The van der Waals surface area contributed by atoms with E-state index in [1.54, 1.807) is 30.5 Å². The highest BCUT2D eigenvalue weighted by atomic mass is 16.5. The van der Waals surface area contributed by atoms with E-state index in [0.717, 1.165) is 0 Å². The average Bonchev–Trinajstić information content (AvgIpc) is 2.90. The average molecular weight is 288 g/mol. The number of aryl methyl sites for hydroxylation is 1. The Kier molecular flexibility index (Phi) is 4.22. The number of anilines is 1. The third-order valence-corrected chi connectivity index (χ3v) is 2.92. The van der Waals surface area contributed by atoms with E-state index in [0.29, 0.717) is 17.9 Å². The van der Waals surface area contributed by atoms with Crippen molar-refractivity contribution in [3.63, 3.8) is 0 Å². The summed E-state index contributed by atoms with van der Waals surface area (Å²) >= 11 is 0. The topological polar surface area (TPSA) is 99.2 Å². The van der Waals surface area contributed by atoms with Gasteiger partial charge in [0.05, 0.1) is 18.4 Å². The summed E-state index contributed by atoms with van der Waals surface area (Å²) in [7, 11) is 1.48. The third-order valence-electron chi connectivity index (χ3n) is 2.92. The van der Waals surface area contributed by atoms with Crippen molar-refractivity contribution < 1.29 is 14.3 Å². The van der Waals surface area contributed by atoms with Crippen LogP contribution in [0.25, 0.3) is 0 Å². The van der Waals surface area contributed by atoms with E-state index in [9.17, 15) is 9.59 Å². The number of nitrogens with one attached hydrogen (secondary N) is 1. The van der Waals surface area contributed by atoms with E-state index < -0.39 is 11.8 Å². The number of rotatable bonds is 5. The molecule has 2 amide bonds. The number of amides is 2. The summed E-state index contributed by atoms with van der Waals surface area (Å²) in [6, 6.07) is 6.79. The number of carbonyl (C=O) groups excluding carboxylic acids is 2. The third kappa shape index (κ3) is 3.02. The van der Waals surface area contributed by atoms with Crippen molar-refractivity contribution in [1.29, 1.82) is 0 Å². The number of primary amides is 1. The largest absolute Gasteiger partial charge is 0.496 e. The molecule has 0 aliphatic carbocycles. The molecule has 0 bridgehead atoms. The number of hydrogen-bond donors (Lipinski definition) is 2. The molecule has 0 aliphatic heterocycles. The highest BCUT2D eigenvalue weighted by molar-refractivity contribution is 6.09. The summed E-state index contributed by atoms with van der Waals surface area (Å²) in [4.78, 5) is 23.6. The first-order chi connectivity index (χ1) is 10.1. The molecule has 2 rings (SSSR count). The molecule has 0 atom stereocenters. The maximum atomic E-state index is 12.3. The predicted octanol–water partition coefficient (Wildman–Crippen LogP) is 1.26. The number of aromatic nitrogens is 2. The van der Waals surface area contributed by atoms with Crippen LogP contribution in [0.15, 0.2) is 30.5 Å². The van der Waals surface area contributed by atoms with Gasteiger partial charge in [-0.3, -0.25) is 14.3 Å². The normalized spacial score (nSPS) is 10.2. The molecule has 7 heteroatoms. The summed E-state index contributed by atoms with van der Waals surface area (Å²) < 4.78 is 6.66. The number of methoxy groups -OCH3 is 1. The van der Waals surface area contributed by atoms with E-state index in [1.807, 2.05) is 6.92 Å². The number of carbonyl (C=O) groups is 2. The van der Waals surface area contributed by atoms with Crippen molar-refractivity contribution in [1.82, 2.24) is 9.78 Å². The molecule has 0 aliphatic rings. The molecular formula is C14H16N4O3. The molecule has 0 saturated heterocycles. The van der Waals surface area contributed by atoms with Crippen LogP contribution in [0.3, 0.4) is 0 Å². The Morgan fingerprint density at radius 2 is 2.10 bits per heavy atom. The first kappa shape index (κ1) is 14.6. The standard InChI is InChI=1S/C14H16N4O3/c1-3-18-8-10(12(17-18)13(15)19)16-14(20)9-6-4-5-7-11(9)21-2/h4-8H,3H2,1-2H3,(H2,15,19)(H,16,20). The molecule has 2 aromatic rings. The molecule has 3 N–H and O–H groups in total. The number of ether oxygens (including phenoxy) is 1. The Bertz CT molecular complexity index is 679. The maximum Gasteiger partial charge on any atom is 0.271 e. The fourth-order valence-corrected chi connectivity index (χ4v) is 1.88. The van der Waals surface area contributed by atoms with Gasteiger partial charge in [0.15, 0.2) is 5.69 Å². The van der Waals surface area contributed by atoms with Crippen molar-refractivity contribution in [2.75, 3.05) is 12.4 Å². The van der Waals surface area contributed by atoms with Gasteiger partial charge in [0.25, 0.3) is 11.8 Å². The molecule has 0 radical (unpaired) electrons. The van der Waals surface area contributed by atoms with Gasteiger partial charge in [0, 0.05) is 12.7 Å². The van der Waals surface area contributed by atoms with Crippen LogP contribution in [0.5, 0.6) is 5.75 Å². The molecule has 7 nitrogen and oxygen atoms in total. The molecule has 0 spiro atoms. The number of nitrogens with two attached hydrogens (primary N) is 1. The highest BCUT2D eigenvalue weighted by Crippen LogP contribution is 2.20. The van der Waals surface area contributed by atoms with Crippen molar-refractivity contribution in [3.05, 3.63) is 41.7 Å². The van der Waals surface area contributed by atoms with Crippen LogP contribution >= 0.6 is 0 Å². The smallest absolute Gasteiger partial charge is 0.271 e. The number of para-hydroxylation sites is 1. The van der Waals surface area contributed by atoms with Crippen LogP contribution in [0.1, 0.15) is 27.8 Å².